The summed E-state index contributed by atoms with van der Waals surface area (Å²) < 4.78 is 5.08. The van der Waals surface area contributed by atoms with E-state index >= 15 is 0 Å². The molecule has 2 aromatic carbocycles. The van der Waals surface area contributed by atoms with Gasteiger partial charge in [-0.3, -0.25) is 14.6 Å². The molecule has 9 heteroatoms. The average molecular weight is 462 g/mol. The van der Waals surface area contributed by atoms with Crippen LogP contribution in [0.2, 0.25) is 10.0 Å². The summed E-state index contributed by atoms with van der Waals surface area (Å²) in [5.74, 6) is -0.155. The number of para-hydroxylation sites is 1. The molecule has 0 bridgehead atoms. The van der Waals surface area contributed by atoms with Gasteiger partial charge in [-0.15, -0.1) is 0 Å². The molecule has 2 aliphatic rings. The van der Waals surface area contributed by atoms with Gasteiger partial charge in [-0.05, 0) is 31.2 Å². The summed E-state index contributed by atoms with van der Waals surface area (Å²) in [6.45, 7) is 5.33. The van der Waals surface area contributed by atoms with Gasteiger partial charge in [0.05, 0.1) is 44.2 Å². The van der Waals surface area contributed by atoms with Crippen molar-refractivity contribution in [3.8, 4) is 0 Å². The van der Waals surface area contributed by atoms with Crippen LogP contribution in [0, 0.1) is 0 Å². The van der Waals surface area contributed by atoms with E-state index in [-0.39, 0.29) is 12.0 Å². The molecule has 0 unspecified atom stereocenters. The van der Waals surface area contributed by atoms with Crippen molar-refractivity contribution >= 4 is 52.3 Å². The lowest BCUT2D eigenvalue weighted by Gasteiger charge is -2.33. The third-order valence-electron chi connectivity index (χ3n) is 5.36. The lowest BCUT2D eigenvalue weighted by atomic mass is 10.1. The number of hydrogen-bond donors (Lipinski definition) is 1. The van der Waals surface area contributed by atoms with Gasteiger partial charge in [-0.2, -0.15) is 0 Å². The molecule has 2 aliphatic heterocycles. The molecule has 0 atom stereocenters. The number of rotatable bonds is 4. The molecule has 0 spiro atoms. The quantitative estimate of drug-likeness (QED) is 0.760. The topological polar surface area (TPSA) is 66.7 Å². The van der Waals surface area contributed by atoms with Crippen LogP contribution in [0.4, 0.5) is 16.2 Å². The van der Waals surface area contributed by atoms with Gasteiger partial charge in [-0.25, -0.2) is 9.79 Å². The normalized spacial score (nSPS) is 17.9. The highest BCUT2D eigenvalue weighted by atomic mass is 35.5. The number of ether oxygens (including phenoxy) is 1. The van der Waals surface area contributed by atoms with Gasteiger partial charge in [0, 0.05) is 15.6 Å². The van der Waals surface area contributed by atoms with Crippen molar-refractivity contribution in [2.75, 3.05) is 44.4 Å². The van der Waals surface area contributed by atoms with E-state index in [1.165, 1.54) is 4.90 Å². The first-order valence-electron chi connectivity index (χ1n) is 10.2. The largest absolute Gasteiger partial charge is 0.450 e. The number of carbonyl (C=O) groups is 2. The maximum Gasteiger partial charge on any atom is 0.410 e. The fourth-order valence-corrected chi connectivity index (χ4v) is 4.38. The summed E-state index contributed by atoms with van der Waals surface area (Å²) in [4.78, 5) is 34.5. The number of hydrogen-bond acceptors (Lipinski definition) is 4. The Morgan fingerprint density at radius 1 is 1.13 bits per heavy atom. The van der Waals surface area contributed by atoms with Crippen molar-refractivity contribution in [2.24, 2.45) is 4.99 Å². The summed E-state index contributed by atoms with van der Waals surface area (Å²) in [5.41, 5.74) is 2.53. The standard InChI is InChI=1S/C22H22Cl2N4O3/c1-2-31-22(30)27-9-7-26(8-10-27)14-28-19-6-4-3-5-18(19)20(21(28)29)25-17-12-15(23)11-16(24)13-17/h3-6,11-13H,2,7-10,14H2,1H3/p+1. The smallest absolute Gasteiger partial charge is 0.410 e. The van der Waals surface area contributed by atoms with Gasteiger partial charge in [-0.1, -0.05) is 41.4 Å². The number of aliphatic imine (C=N–C) groups is 1. The zero-order chi connectivity index (χ0) is 22.0. The lowest BCUT2D eigenvalue weighted by Crippen LogP contribution is -3.16. The maximum absolute atomic E-state index is 13.3. The number of quaternary nitrogens is 1. The molecule has 1 fully saturated rings. The van der Waals surface area contributed by atoms with Crippen molar-refractivity contribution in [1.82, 2.24) is 4.90 Å². The van der Waals surface area contributed by atoms with E-state index in [2.05, 4.69) is 4.99 Å². The molecule has 2 amide bonds. The second-order valence-electron chi connectivity index (χ2n) is 7.43. The molecule has 2 aromatic rings. The Morgan fingerprint density at radius 3 is 2.48 bits per heavy atom. The van der Waals surface area contributed by atoms with Crippen LogP contribution in [-0.4, -0.2) is 62.1 Å². The SMILES string of the molecule is CCOC(=O)N1CC[NH+](CN2C(=O)C(=Nc3cc(Cl)cc(Cl)c3)c3ccccc32)CC1. The molecule has 7 nitrogen and oxygen atoms in total. The highest BCUT2D eigenvalue weighted by Crippen LogP contribution is 2.31. The van der Waals surface area contributed by atoms with E-state index in [0.717, 1.165) is 24.3 Å². The van der Waals surface area contributed by atoms with E-state index in [1.807, 2.05) is 24.3 Å². The molecule has 0 radical (unpaired) electrons. The third kappa shape index (κ3) is 4.69. The van der Waals surface area contributed by atoms with Crippen LogP contribution in [0.15, 0.2) is 47.5 Å². The highest BCUT2D eigenvalue weighted by Gasteiger charge is 2.37. The molecular formula is C22H23Cl2N4O3+. The molecule has 2 heterocycles. The molecule has 162 valence electrons. The van der Waals surface area contributed by atoms with Crippen LogP contribution in [0.25, 0.3) is 0 Å². The number of nitrogens with zero attached hydrogens (tertiary/aromatic N) is 3. The minimum atomic E-state index is -0.279. The molecule has 0 aliphatic carbocycles. The number of carbonyl (C=O) groups excluding carboxylic acids is 2. The number of halogens is 2. The van der Waals surface area contributed by atoms with Gasteiger partial charge in [0.1, 0.15) is 5.71 Å². The molecule has 4 rings (SSSR count). The Kier molecular flexibility index (Phi) is 6.46. The van der Waals surface area contributed by atoms with Crippen LogP contribution >= 0.6 is 23.2 Å². The second kappa shape index (κ2) is 9.26. The predicted molar refractivity (Wildman–Crippen MR) is 121 cm³/mol. The van der Waals surface area contributed by atoms with E-state index in [4.69, 9.17) is 27.9 Å². The molecular weight excluding hydrogens is 439 g/mol. The van der Waals surface area contributed by atoms with E-state index in [1.54, 1.807) is 34.9 Å². The Balaban J connectivity index is 1.53. The Hall–Kier alpha value is -2.61. The predicted octanol–water partition coefficient (Wildman–Crippen LogP) is 2.78. The Labute approximate surface area is 190 Å². The first-order valence-corrected chi connectivity index (χ1v) is 10.9. The zero-order valence-corrected chi connectivity index (χ0v) is 18.6. The number of anilines is 1. The molecule has 1 N–H and O–H groups in total. The van der Waals surface area contributed by atoms with Crippen molar-refractivity contribution < 1.29 is 19.2 Å². The fourth-order valence-electron chi connectivity index (χ4n) is 3.86. The summed E-state index contributed by atoms with van der Waals surface area (Å²) in [7, 11) is 0. The van der Waals surface area contributed by atoms with Crippen LogP contribution in [-0.2, 0) is 9.53 Å². The van der Waals surface area contributed by atoms with Crippen molar-refractivity contribution in [2.45, 2.75) is 6.92 Å². The summed E-state index contributed by atoms with van der Waals surface area (Å²) in [6, 6.07) is 12.6. The van der Waals surface area contributed by atoms with Crippen molar-refractivity contribution in [1.29, 1.82) is 0 Å². The summed E-state index contributed by atoms with van der Waals surface area (Å²) >= 11 is 12.2. The molecule has 0 aromatic heterocycles. The maximum atomic E-state index is 13.3. The van der Waals surface area contributed by atoms with Crippen LogP contribution < -0.4 is 9.80 Å². The van der Waals surface area contributed by atoms with Crippen LogP contribution in [0.5, 0.6) is 0 Å². The van der Waals surface area contributed by atoms with E-state index in [0.29, 0.717) is 47.8 Å². The first-order chi connectivity index (χ1) is 15.0. The Bertz CT molecular complexity index is 1010. The van der Waals surface area contributed by atoms with Gasteiger partial charge < -0.3 is 9.64 Å². The van der Waals surface area contributed by atoms with Gasteiger partial charge >= 0.3 is 6.09 Å². The molecule has 1 saturated heterocycles. The minimum Gasteiger partial charge on any atom is -0.450 e. The van der Waals surface area contributed by atoms with Crippen molar-refractivity contribution in [3.63, 3.8) is 0 Å². The van der Waals surface area contributed by atoms with Crippen molar-refractivity contribution in [3.05, 3.63) is 58.1 Å². The minimum absolute atomic E-state index is 0.155. The number of piperazine rings is 1. The second-order valence-corrected chi connectivity index (χ2v) is 8.31. The number of benzene rings is 2. The number of fused-ring (bicyclic) bond motifs is 1. The van der Waals surface area contributed by atoms with Crippen LogP contribution in [0.3, 0.4) is 0 Å². The van der Waals surface area contributed by atoms with Gasteiger partial charge in [0.15, 0.2) is 6.67 Å². The monoisotopic (exact) mass is 461 g/mol. The van der Waals surface area contributed by atoms with Crippen LogP contribution in [0.1, 0.15) is 12.5 Å². The first kappa shape index (κ1) is 21.6. The lowest BCUT2D eigenvalue weighted by molar-refractivity contribution is -0.902. The average Bonchev–Trinajstić information content (AvgIpc) is 3.00. The highest BCUT2D eigenvalue weighted by molar-refractivity contribution is 6.54. The third-order valence-corrected chi connectivity index (χ3v) is 5.80. The summed E-state index contributed by atoms with van der Waals surface area (Å²) in [5, 5.41) is 0.928. The van der Waals surface area contributed by atoms with Gasteiger partial charge in [0.2, 0.25) is 0 Å². The molecule has 0 saturated carbocycles. The number of amides is 2. The molecule has 31 heavy (non-hydrogen) atoms. The fraction of sp³-hybridized carbons (Fsp3) is 0.318. The summed E-state index contributed by atoms with van der Waals surface area (Å²) in [6.07, 6.45) is -0.279. The van der Waals surface area contributed by atoms with E-state index in [9.17, 15) is 9.59 Å². The zero-order valence-electron chi connectivity index (χ0n) is 17.1. The Morgan fingerprint density at radius 2 is 1.81 bits per heavy atom. The van der Waals surface area contributed by atoms with Gasteiger partial charge in [0.25, 0.3) is 5.91 Å². The van der Waals surface area contributed by atoms with E-state index < -0.39 is 0 Å². The number of nitrogens with one attached hydrogen (secondary N) is 1.